The van der Waals surface area contributed by atoms with E-state index in [4.69, 9.17) is 26.8 Å². The zero-order valence-electron chi connectivity index (χ0n) is 19.5. The number of hydrogen-bond acceptors (Lipinski definition) is 5. The summed E-state index contributed by atoms with van der Waals surface area (Å²) in [5.41, 5.74) is 5.08. The topological polar surface area (TPSA) is 98.9 Å². The maximum atomic E-state index is 15.0. The molecule has 0 fully saturated rings. The molecule has 0 aliphatic rings. The van der Waals surface area contributed by atoms with Gasteiger partial charge >= 0.3 is 0 Å². The minimum Gasteiger partial charge on any atom is -0.465 e. The first-order valence-electron chi connectivity index (χ1n) is 10.9. The fraction of sp³-hybridized carbons (Fsp3) is 0.240. The first-order chi connectivity index (χ1) is 17.0. The third-order valence-corrected chi connectivity index (χ3v) is 7.54. The Balaban J connectivity index is 2.12. The number of methoxy groups -OCH3 is 1. The lowest BCUT2D eigenvalue weighted by molar-refractivity contribution is -0.120. The minimum atomic E-state index is -4.41. The van der Waals surface area contributed by atoms with Crippen molar-refractivity contribution >= 4 is 33.2 Å². The van der Waals surface area contributed by atoms with Gasteiger partial charge in [0.1, 0.15) is 17.4 Å². The lowest BCUT2D eigenvalue weighted by atomic mass is 10.1. The second kappa shape index (κ2) is 11.7. The van der Waals surface area contributed by atoms with Gasteiger partial charge in [-0.25, -0.2) is 17.2 Å². The van der Waals surface area contributed by atoms with Gasteiger partial charge in [0, 0.05) is 36.6 Å². The molecule has 11 heteroatoms. The number of carbonyl (C=O) groups is 1. The molecule has 3 aromatic carbocycles. The Labute approximate surface area is 213 Å². The first kappa shape index (κ1) is 27.4. The number of nitrogens with two attached hydrogens (primary N) is 1. The van der Waals surface area contributed by atoms with Crippen molar-refractivity contribution in [1.29, 1.82) is 0 Å². The fourth-order valence-electron chi connectivity index (χ4n) is 3.61. The third kappa shape index (κ3) is 6.31. The number of rotatable bonds is 11. The van der Waals surface area contributed by atoms with Gasteiger partial charge in [0.05, 0.1) is 16.6 Å². The number of primary amides is 1. The summed E-state index contributed by atoms with van der Waals surface area (Å²) in [6.45, 7) is 1.52. The predicted molar refractivity (Wildman–Crippen MR) is 132 cm³/mol. The number of benzene rings is 3. The van der Waals surface area contributed by atoms with Crippen LogP contribution in [0, 0.1) is 11.6 Å². The summed E-state index contributed by atoms with van der Waals surface area (Å²) in [4.78, 5) is 11.0. The molecule has 0 spiro atoms. The standard InChI is InChI=1S/C25H25ClF2N2O5S/c1-16(20-5-3-4-6-23(20)35-25(34-2)14-13-24(29)31)30(22-15-18(27)9-12-21(22)28)36(32,33)19-10-7-17(26)8-11-19/h3-12,15-16,25H,13-14H2,1-2H3,(H2,29,31). The molecule has 3 rings (SSSR count). The van der Waals surface area contributed by atoms with Gasteiger partial charge in [0.25, 0.3) is 10.0 Å². The van der Waals surface area contributed by atoms with E-state index in [1.54, 1.807) is 24.3 Å². The van der Waals surface area contributed by atoms with E-state index in [-0.39, 0.29) is 23.5 Å². The molecule has 36 heavy (non-hydrogen) atoms. The van der Waals surface area contributed by atoms with Crippen LogP contribution < -0.4 is 14.8 Å². The minimum absolute atomic E-state index is 0.00179. The number of nitrogens with zero attached hydrogens (tertiary/aromatic N) is 1. The summed E-state index contributed by atoms with van der Waals surface area (Å²) < 4.78 is 68.7. The highest BCUT2D eigenvalue weighted by Crippen LogP contribution is 2.39. The zero-order chi connectivity index (χ0) is 26.5. The average Bonchev–Trinajstić information content (AvgIpc) is 2.84. The first-order valence-corrected chi connectivity index (χ1v) is 12.7. The summed E-state index contributed by atoms with van der Waals surface area (Å²) in [6, 6.07) is 13.3. The lowest BCUT2D eigenvalue weighted by Gasteiger charge is -2.32. The van der Waals surface area contributed by atoms with Crippen LogP contribution in [0.1, 0.15) is 31.4 Å². The van der Waals surface area contributed by atoms with Crippen LogP contribution in [0.3, 0.4) is 0 Å². The molecule has 192 valence electrons. The molecule has 0 heterocycles. The van der Waals surface area contributed by atoms with Crippen LogP contribution >= 0.6 is 11.6 Å². The summed E-state index contributed by atoms with van der Waals surface area (Å²) in [5, 5.41) is 0.311. The average molecular weight is 539 g/mol. The number of amides is 1. The Morgan fingerprint density at radius 2 is 1.75 bits per heavy atom. The van der Waals surface area contributed by atoms with E-state index < -0.39 is 45.6 Å². The third-order valence-electron chi connectivity index (χ3n) is 5.38. The maximum Gasteiger partial charge on any atom is 0.264 e. The Hall–Kier alpha value is -3.21. The number of hydrogen-bond donors (Lipinski definition) is 1. The zero-order valence-corrected chi connectivity index (χ0v) is 21.1. The quantitative estimate of drug-likeness (QED) is 0.339. The van der Waals surface area contributed by atoms with Crippen molar-refractivity contribution in [3.63, 3.8) is 0 Å². The summed E-state index contributed by atoms with van der Waals surface area (Å²) in [6.07, 6.45) is -0.708. The maximum absolute atomic E-state index is 15.0. The van der Waals surface area contributed by atoms with Gasteiger partial charge in [0.15, 0.2) is 6.29 Å². The molecule has 2 atom stereocenters. The fourth-order valence-corrected chi connectivity index (χ4v) is 5.37. The lowest BCUT2D eigenvalue weighted by Crippen LogP contribution is -2.35. The number of anilines is 1. The molecule has 0 aromatic heterocycles. The van der Waals surface area contributed by atoms with Gasteiger partial charge < -0.3 is 15.2 Å². The van der Waals surface area contributed by atoms with Crippen LogP contribution in [-0.4, -0.2) is 27.7 Å². The van der Waals surface area contributed by atoms with Crippen LogP contribution in [0.25, 0.3) is 0 Å². The van der Waals surface area contributed by atoms with Crippen molar-refractivity contribution in [2.75, 3.05) is 11.4 Å². The van der Waals surface area contributed by atoms with Gasteiger partial charge in [-0.2, -0.15) is 0 Å². The SMILES string of the molecule is COC(CCC(N)=O)Oc1ccccc1C(C)N(c1cc(F)ccc1F)S(=O)(=O)c1ccc(Cl)cc1. The van der Waals surface area contributed by atoms with Crippen LogP contribution in [0.15, 0.2) is 71.6 Å². The summed E-state index contributed by atoms with van der Waals surface area (Å²) >= 11 is 5.92. The molecule has 0 radical (unpaired) electrons. The predicted octanol–water partition coefficient (Wildman–Crippen LogP) is 5.19. The molecule has 2 N–H and O–H groups in total. The molecule has 0 aliphatic heterocycles. The van der Waals surface area contributed by atoms with Crippen molar-refractivity contribution in [2.45, 2.75) is 37.0 Å². The molecule has 3 aromatic rings. The van der Waals surface area contributed by atoms with Crippen molar-refractivity contribution in [3.05, 3.63) is 89.0 Å². The van der Waals surface area contributed by atoms with Crippen molar-refractivity contribution in [3.8, 4) is 5.75 Å². The van der Waals surface area contributed by atoms with E-state index in [1.165, 1.54) is 38.3 Å². The molecule has 0 saturated carbocycles. The van der Waals surface area contributed by atoms with E-state index in [0.717, 1.165) is 22.5 Å². The number of sulfonamides is 1. The van der Waals surface area contributed by atoms with Gasteiger partial charge in [0.2, 0.25) is 5.91 Å². The number of ether oxygens (including phenoxy) is 2. The molecular formula is C25H25ClF2N2O5S. The van der Waals surface area contributed by atoms with Crippen molar-refractivity contribution in [1.82, 2.24) is 0 Å². The van der Waals surface area contributed by atoms with Gasteiger partial charge in [-0.15, -0.1) is 0 Å². The Morgan fingerprint density at radius 1 is 1.08 bits per heavy atom. The Kier molecular flexibility index (Phi) is 8.89. The second-order valence-electron chi connectivity index (χ2n) is 7.85. The van der Waals surface area contributed by atoms with Crippen LogP contribution in [-0.2, 0) is 19.6 Å². The highest BCUT2D eigenvalue weighted by molar-refractivity contribution is 7.92. The number of para-hydroxylation sites is 1. The molecule has 1 amide bonds. The number of halogens is 3. The van der Waals surface area contributed by atoms with Crippen molar-refractivity contribution < 1.29 is 31.5 Å². The molecule has 0 saturated heterocycles. The number of carbonyl (C=O) groups excluding carboxylic acids is 1. The molecule has 0 bridgehead atoms. The highest BCUT2D eigenvalue weighted by atomic mass is 35.5. The second-order valence-corrected chi connectivity index (χ2v) is 10.1. The Morgan fingerprint density at radius 3 is 2.39 bits per heavy atom. The summed E-state index contributed by atoms with van der Waals surface area (Å²) in [5.74, 6) is -2.06. The van der Waals surface area contributed by atoms with Gasteiger partial charge in [-0.05, 0) is 49.4 Å². The van der Waals surface area contributed by atoms with Crippen LogP contribution in [0.4, 0.5) is 14.5 Å². The van der Waals surface area contributed by atoms with E-state index in [2.05, 4.69) is 0 Å². The van der Waals surface area contributed by atoms with E-state index in [1.807, 2.05) is 0 Å². The van der Waals surface area contributed by atoms with Gasteiger partial charge in [-0.3, -0.25) is 9.10 Å². The normalized spacial score (nSPS) is 13.1. The van der Waals surface area contributed by atoms with Crippen LogP contribution in [0.5, 0.6) is 5.75 Å². The highest BCUT2D eigenvalue weighted by Gasteiger charge is 2.34. The summed E-state index contributed by atoms with van der Waals surface area (Å²) in [7, 11) is -3.02. The van der Waals surface area contributed by atoms with E-state index >= 15 is 0 Å². The Bertz CT molecular complexity index is 1320. The monoisotopic (exact) mass is 538 g/mol. The van der Waals surface area contributed by atoms with Gasteiger partial charge in [-0.1, -0.05) is 29.8 Å². The molecular weight excluding hydrogens is 514 g/mol. The van der Waals surface area contributed by atoms with E-state index in [9.17, 15) is 22.0 Å². The van der Waals surface area contributed by atoms with Crippen molar-refractivity contribution in [2.24, 2.45) is 5.73 Å². The molecule has 7 nitrogen and oxygen atoms in total. The van der Waals surface area contributed by atoms with E-state index in [0.29, 0.717) is 10.6 Å². The molecule has 0 aliphatic carbocycles. The van der Waals surface area contributed by atoms with Crippen LogP contribution in [0.2, 0.25) is 5.02 Å². The largest absolute Gasteiger partial charge is 0.465 e. The molecule has 2 unspecified atom stereocenters. The smallest absolute Gasteiger partial charge is 0.264 e.